The van der Waals surface area contributed by atoms with Crippen LogP contribution in [0, 0.1) is 12.3 Å². The van der Waals surface area contributed by atoms with E-state index in [1.807, 2.05) is 26.0 Å². The number of benzene rings is 1. The third kappa shape index (κ3) is 2.53. The van der Waals surface area contributed by atoms with Crippen LogP contribution in [0.5, 0.6) is 0 Å². The maximum Gasteiger partial charge on any atom is 0.311 e. The highest BCUT2D eigenvalue weighted by Crippen LogP contribution is 2.33. The molecule has 18 heavy (non-hydrogen) atoms. The number of aliphatic carboxylic acids is 1. The van der Waals surface area contributed by atoms with Gasteiger partial charge in [0.15, 0.2) is 0 Å². The van der Waals surface area contributed by atoms with Crippen molar-refractivity contribution in [3.05, 3.63) is 28.2 Å². The van der Waals surface area contributed by atoms with E-state index in [4.69, 9.17) is 0 Å². The third-order valence-electron chi connectivity index (χ3n) is 3.72. The van der Waals surface area contributed by atoms with Gasteiger partial charge in [0.2, 0.25) is 0 Å². The molecule has 1 aromatic carbocycles. The first-order valence-electron chi connectivity index (χ1n) is 6.17. The van der Waals surface area contributed by atoms with Crippen LogP contribution in [0.25, 0.3) is 0 Å². The molecule has 1 aliphatic rings. The van der Waals surface area contributed by atoms with Crippen LogP contribution in [0.4, 0.5) is 5.69 Å². The predicted molar refractivity (Wildman–Crippen MR) is 76.1 cm³/mol. The number of anilines is 1. The molecule has 1 heterocycles. The molecule has 0 spiro atoms. The van der Waals surface area contributed by atoms with Crippen LogP contribution in [0.3, 0.4) is 0 Å². The summed E-state index contributed by atoms with van der Waals surface area (Å²) in [5, 5.41) is 9.33. The van der Waals surface area contributed by atoms with Gasteiger partial charge in [-0.2, -0.15) is 0 Å². The van der Waals surface area contributed by atoms with E-state index in [0.717, 1.165) is 29.5 Å². The zero-order chi connectivity index (χ0) is 13.3. The quantitative estimate of drug-likeness (QED) is 0.909. The van der Waals surface area contributed by atoms with E-state index in [1.54, 1.807) is 0 Å². The van der Waals surface area contributed by atoms with Crippen molar-refractivity contribution >= 4 is 27.6 Å². The maximum absolute atomic E-state index is 11.3. The monoisotopic (exact) mass is 311 g/mol. The highest BCUT2D eigenvalue weighted by molar-refractivity contribution is 9.10. The Balaban J connectivity index is 2.23. The van der Waals surface area contributed by atoms with Crippen molar-refractivity contribution in [1.82, 2.24) is 0 Å². The van der Waals surface area contributed by atoms with Gasteiger partial charge in [-0.05, 0) is 50.5 Å². The Morgan fingerprint density at radius 1 is 1.50 bits per heavy atom. The minimum atomic E-state index is -0.693. The number of aryl methyl sites for hydroxylation is 1. The Kier molecular flexibility index (Phi) is 3.66. The molecule has 1 aliphatic heterocycles. The molecule has 1 aromatic rings. The maximum atomic E-state index is 11.3. The first-order valence-corrected chi connectivity index (χ1v) is 6.96. The minimum Gasteiger partial charge on any atom is -0.481 e. The first-order chi connectivity index (χ1) is 8.42. The molecule has 0 bridgehead atoms. The second kappa shape index (κ2) is 4.92. The fourth-order valence-electron chi connectivity index (χ4n) is 2.46. The highest BCUT2D eigenvalue weighted by atomic mass is 79.9. The average molecular weight is 312 g/mol. The Hall–Kier alpha value is -1.03. The van der Waals surface area contributed by atoms with E-state index < -0.39 is 11.4 Å². The topological polar surface area (TPSA) is 40.5 Å². The lowest BCUT2D eigenvalue weighted by Gasteiger charge is -2.39. The van der Waals surface area contributed by atoms with Crippen LogP contribution in [0.2, 0.25) is 0 Å². The summed E-state index contributed by atoms with van der Waals surface area (Å²) in [5.74, 6) is -0.693. The van der Waals surface area contributed by atoms with Gasteiger partial charge in [0.1, 0.15) is 0 Å². The summed E-state index contributed by atoms with van der Waals surface area (Å²) in [6.07, 6.45) is 1.69. The van der Waals surface area contributed by atoms with Crippen molar-refractivity contribution in [1.29, 1.82) is 0 Å². The predicted octanol–water partition coefficient (Wildman–Crippen LogP) is 3.45. The number of rotatable bonds is 2. The van der Waals surface area contributed by atoms with Gasteiger partial charge in [-0.3, -0.25) is 4.79 Å². The van der Waals surface area contributed by atoms with E-state index in [9.17, 15) is 9.90 Å². The lowest BCUT2D eigenvalue weighted by atomic mass is 9.82. The van der Waals surface area contributed by atoms with Crippen LogP contribution in [0.1, 0.15) is 25.3 Å². The van der Waals surface area contributed by atoms with Crippen molar-refractivity contribution in [2.45, 2.75) is 26.7 Å². The van der Waals surface area contributed by atoms with Crippen LogP contribution in [-0.4, -0.2) is 24.2 Å². The zero-order valence-electron chi connectivity index (χ0n) is 10.7. The standard InChI is InChI=1S/C14H18BrNO2/c1-10-8-11(4-5-12(10)15)16-7-3-6-14(2,9-16)13(17)18/h4-5,8H,3,6-7,9H2,1-2H3,(H,17,18). The molecule has 0 amide bonds. The Labute approximate surface area is 116 Å². The van der Waals surface area contributed by atoms with Crippen LogP contribution < -0.4 is 4.90 Å². The van der Waals surface area contributed by atoms with E-state index in [1.165, 1.54) is 5.56 Å². The van der Waals surface area contributed by atoms with Crippen molar-refractivity contribution in [3.63, 3.8) is 0 Å². The fraction of sp³-hybridized carbons (Fsp3) is 0.500. The van der Waals surface area contributed by atoms with E-state index >= 15 is 0 Å². The Bertz CT molecular complexity index is 475. The van der Waals surface area contributed by atoms with Crippen molar-refractivity contribution in [2.24, 2.45) is 5.41 Å². The zero-order valence-corrected chi connectivity index (χ0v) is 12.3. The molecule has 3 nitrogen and oxygen atoms in total. The number of carboxylic acids is 1. The summed E-state index contributed by atoms with van der Waals surface area (Å²) in [7, 11) is 0. The summed E-state index contributed by atoms with van der Waals surface area (Å²) >= 11 is 3.49. The van der Waals surface area contributed by atoms with Gasteiger partial charge in [0.25, 0.3) is 0 Å². The molecule has 1 atom stereocenters. The number of carboxylic acid groups (broad SMARTS) is 1. The summed E-state index contributed by atoms with van der Waals surface area (Å²) in [4.78, 5) is 13.5. The number of halogens is 1. The second-order valence-electron chi connectivity index (χ2n) is 5.32. The Morgan fingerprint density at radius 2 is 2.22 bits per heavy atom. The third-order valence-corrected chi connectivity index (χ3v) is 4.61. The summed E-state index contributed by atoms with van der Waals surface area (Å²) < 4.78 is 1.09. The fourth-order valence-corrected chi connectivity index (χ4v) is 2.71. The molecular formula is C14H18BrNO2. The largest absolute Gasteiger partial charge is 0.481 e. The molecule has 4 heteroatoms. The van der Waals surface area contributed by atoms with E-state index in [2.05, 4.69) is 26.9 Å². The second-order valence-corrected chi connectivity index (χ2v) is 6.18. The molecule has 0 radical (unpaired) electrons. The Morgan fingerprint density at radius 3 is 2.83 bits per heavy atom. The highest BCUT2D eigenvalue weighted by Gasteiger charge is 2.37. The number of carbonyl (C=O) groups is 1. The molecule has 1 N–H and O–H groups in total. The van der Waals surface area contributed by atoms with Crippen LogP contribution in [0.15, 0.2) is 22.7 Å². The molecule has 0 aromatic heterocycles. The van der Waals surface area contributed by atoms with Crippen molar-refractivity contribution in [2.75, 3.05) is 18.0 Å². The molecule has 0 saturated carbocycles. The number of nitrogens with zero attached hydrogens (tertiary/aromatic N) is 1. The molecule has 1 unspecified atom stereocenters. The lowest BCUT2D eigenvalue weighted by Crippen LogP contribution is -2.46. The van der Waals surface area contributed by atoms with E-state index in [0.29, 0.717) is 6.54 Å². The SMILES string of the molecule is Cc1cc(N2CCCC(C)(C(=O)O)C2)ccc1Br. The molecular weight excluding hydrogens is 294 g/mol. The first kappa shape index (κ1) is 13.4. The van der Waals surface area contributed by atoms with Gasteiger partial charge in [-0.1, -0.05) is 15.9 Å². The van der Waals surface area contributed by atoms with Crippen molar-refractivity contribution < 1.29 is 9.90 Å². The molecule has 1 fully saturated rings. The number of hydrogen-bond donors (Lipinski definition) is 1. The minimum absolute atomic E-state index is 0.587. The van der Waals surface area contributed by atoms with Crippen molar-refractivity contribution in [3.8, 4) is 0 Å². The van der Waals surface area contributed by atoms with Gasteiger partial charge in [0, 0.05) is 23.2 Å². The average Bonchev–Trinajstić information content (AvgIpc) is 2.32. The molecule has 1 saturated heterocycles. The summed E-state index contributed by atoms with van der Waals surface area (Å²) in [6, 6.07) is 6.18. The number of hydrogen-bond acceptors (Lipinski definition) is 2. The van der Waals surface area contributed by atoms with Crippen LogP contribution >= 0.6 is 15.9 Å². The number of piperidine rings is 1. The molecule has 98 valence electrons. The smallest absolute Gasteiger partial charge is 0.311 e. The van der Waals surface area contributed by atoms with Gasteiger partial charge in [0.05, 0.1) is 5.41 Å². The molecule has 0 aliphatic carbocycles. The van der Waals surface area contributed by atoms with Crippen LogP contribution in [-0.2, 0) is 4.79 Å². The van der Waals surface area contributed by atoms with Gasteiger partial charge < -0.3 is 10.0 Å². The van der Waals surface area contributed by atoms with E-state index in [-0.39, 0.29) is 0 Å². The van der Waals surface area contributed by atoms with Gasteiger partial charge in [-0.15, -0.1) is 0 Å². The van der Waals surface area contributed by atoms with Gasteiger partial charge in [-0.25, -0.2) is 0 Å². The summed E-state index contributed by atoms with van der Waals surface area (Å²) in [6.45, 7) is 5.41. The lowest BCUT2D eigenvalue weighted by molar-refractivity contribution is -0.148. The van der Waals surface area contributed by atoms with Gasteiger partial charge >= 0.3 is 5.97 Å². The summed E-state index contributed by atoms with van der Waals surface area (Å²) in [5.41, 5.74) is 1.66. The normalized spacial score (nSPS) is 24.1. The molecule has 2 rings (SSSR count).